The van der Waals surface area contributed by atoms with Gasteiger partial charge in [-0.2, -0.15) is 0 Å². The molecule has 0 aliphatic rings. The van der Waals surface area contributed by atoms with Crippen LogP contribution in [0.2, 0.25) is 0 Å². The number of aromatic amines is 1. The first kappa shape index (κ1) is 20.8. The summed E-state index contributed by atoms with van der Waals surface area (Å²) in [4.78, 5) is 31.7. The highest BCUT2D eigenvalue weighted by Crippen LogP contribution is 2.26. The normalized spacial score (nSPS) is 12.1. The monoisotopic (exact) mass is 391 g/mol. The van der Waals surface area contributed by atoms with E-state index in [1.54, 1.807) is 13.2 Å². The van der Waals surface area contributed by atoms with Gasteiger partial charge in [-0.3, -0.25) is 9.59 Å². The number of Topliss-reactive ketones (excluding diaryl/α,β-unsaturated/α-hetero) is 1. The SMILES string of the molecule is CCC(=O)CCCCCC(C(=O)NC)c1ncc(-c2ccc3ccccc3c2)[nH]1. The number of carbonyl (C=O) groups excluding carboxylic acids is 2. The highest BCUT2D eigenvalue weighted by Gasteiger charge is 2.22. The van der Waals surface area contributed by atoms with Crippen molar-refractivity contribution in [3.05, 3.63) is 54.5 Å². The predicted octanol–water partition coefficient (Wildman–Crippen LogP) is 4.99. The number of benzene rings is 2. The first-order valence-corrected chi connectivity index (χ1v) is 10.4. The topological polar surface area (TPSA) is 74.8 Å². The van der Waals surface area contributed by atoms with Crippen LogP contribution >= 0.6 is 0 Å². The summed E-state index contributed by atoms with van der Waals surface area (Å²) in [7, 11) is 1.66. The Morgan fingerprint density at radius 1 is 1.07 bits per heavy atom. The van der Waals surface area contributed by atoms with Crippen molar-refractivity contribution < 1.29 is 9.59 Å². The van der Waals surface area contributed by atoms with Gasteiger partial charge in [0.25, 0.3) is 0 Å². The molecule has 0 bridgehead atoms. The Balaban J connectivity index is 1.69. The largest absolute Gasteiger partial charge is 0.359 e. The van der Waals surface area contributed by atoms with Crippen molar-refractivity contribution in [1.82, 2.24) is 15.3 Å². The standard InChI is InChI=1S/C24H29N3O2/c1-3-20(28)11-5-4-6-12-21(24(29)25-2)23-26-16-22(27-23)19-14-13-17-9-7-8-10-18(17)15-19/h7-10,13-16,21H,3-6,11-12H2,1-2H3,(H,25,29)(H,26,27). The average Bonchev–Trinajstić information content (AvgIpc) is 3.25. The van der Waals surface area contributed by atoms with Gasteiger partial charge in [-0.25, -0.2) is 4.98 Å². The lowest BCUT2D eigenvalue weighted by Gasteiger charge is -2.13. The van der Waals surface area contributed by atoms with Crippen LogP contribution in [0.15, 0.2) is 48.7 Å². The molecule has 0 aliphatic heterocycles. The number of H-pyrrole nitrogens is 1. The number of rotatable bonds is 10. The number of fused-ring (bicyclic) bond motifs is 1. The molecule has 5 nitrogen and oxygen atoms in total. The zero-order valence-electron chi connectivity index (χ0n) is 17.2. The molecule has 0 saturated heterocycles. The lowest BCUT2D eigenvalue weighted by atomic mass is 9.98. The fraction of sp³-hybridized carbons (Fsp3) is 0.375. The quantitative estimate of drug-likeness (QED) is 0.478. The van der Waals surface area contributed by atoms with E-state index >= 15 is 0 Å². The third kappa shape index (κ3) is 5.31. The first-order valence-electron chi connectivity index (χ1n) is 10.4. The molecule has 0 saturated carbocycles. The number of nitrogens with zero attached hydrogens (tertiary/aromatic N) is 1. The maximum absolute atomic E-state index is 12.4. The number of amides is 1. The fourth-order valence-corrected chi connectivity index (χ4v) is 3.61. The summed E-state index contributed by atoms with van der Waals surface area (Å²) in [5.74, 6) is 0.654. The van der Waals surface area contributed by atoms with Crippen LogP contribution in [0.5, 0.6) is 0 Å². The summed E-state index contributed by atoms with van der Waals surface area (Å²) in [6, 6.07) is 14.5. The lowest BCUT2D eigenvalue weighted by molar-refractivity contribution is -0.122. The molecule has 3 aromatic rings. The Bertz CT molecular complexity index is 977. The van der Waals surface area contributed by atoms with Crippen LogP contribution in [0.3, 0.4) is 0 Å². The van der Waals surface area contributed by atoms with Crippen molar-refractivity contribution in [2.24, 2.45) is 0 Å². The number of unbranched alkanes of at least 4 members (excludes halogenated alkanes) is 2. The number of carbonyl (C=O) groups is 2. The van der Waals surface area contributed by atoms with E-state index in [9.17, 15) is 9.59 Å². The van der Waals surface area contributed by atoms with Crippen LogP contribution < -0.4 is 5.32 Å². The summed E-state index contributed by atoms with van der Waals surface area (Å²) in [6.45, 7) is 1.90. The van der Waals surface area contributed by atoms with E-state index in [2.05, 4.69) is 45.6 Å². The maximum Gasteiger partial charge on any atom is 0.230 e. The molecular weight excluding hydrogens is 362 g/mol. The van der Waals surface area contributed by atoms with Crippen molar-refractivity contribution in [2.75, 3.05) is 7.05 Å². The molecule has 1 unspecified atom stereocenters. The zero-order valence-corrected chi connectivity index (χ0v) is 17.2. The third-order valence-electron chi connectivity index (χ3n) is 5.39. The minimum atomic E-state index is -0.309. The molecule has 0 radical (unpaired) electrons. The Morgan fingerprint density at radius 3 is 2.62 bits per heavy atom. The minimum Gasteiger partial charge on any atom is -0.359 e. The van der Waals surface area contributed by atoms with Gasteiger partial charge >= 0.3 is 0 Å². The van der Waals surface area contributed by atoms with Gasteiger partial charge in [0, 0.05) is 25.5 Å². The third-order valence-corrected chi connectivity index (χ3v) is 5.39. The number of imidazole rings is 1. The molecule has 1 aromatic heterocycles. The van der Waals surface area contributed by atoms with Gasteiger partial charge in [-0.15, -0.1) is 0 Å². The average molecular weight is 392 g/mol. The van der Waals surface area contributed by atoms with E-state index in [0.29, 0.717) is 30.9 Å². The Kier molecular flexibility index (Phi) is 7.17. The lowest BCUT2D eigenvalue weighted by Crippen LogP contribution is -2.26. The number of ketones is 1. The molecule has 1 amide bonds. The van der Waals surface area contributed by atoms with E-state index in [0.717, 1.165) is 30.5 Å². The molecule has 152 valence electrons. The van der Waals surface area contributed by atoms with Gasteiger partial charge in [0.15, 0.2) is 0 Å². The molecule has 2 aromatic carbocycles. The Morgan fingerprint density at radius 2 is 1.86 bits per heavy atom. The van der Waals surface area contributed by atoms with Gasteiger partial charge in [-0.05, 0) is 29.7 Å². The summed E-state index contributed by atoms with van der Waals surface area (Å²) < 4.78 is 0. The number of hydrogen-bond donors (Lipinski definition) is 2. The highest BCUT2D eigenvalue weighted by molar-refractivity contribution is 5.87. The van der Waals surface area contributed by atoms with E-state index in [4.69, 9.17) is 0 Å². The van der Waals surface area contributed by atoms with E-state index in [-0.39, 0.29) is 11.8 Å². The molecule has 1 heterocycles. The van der Waals surface area contributed by atoms with Gasteiger partial charge in [-0.1, -0.05) is 56.2 Å². The summed E-state index contributed by atoms with van der Waals surface area (Å²) in [6.07, 6.45) is 6.46. The maximum atomic E-state index is 12.4. The smallest absolute Gasteiger partial charge is 0.230 e. The van der Waals surface area contributed by atoms with Crippen LogP contribution in [0, 0.1) is 0 Å². The van der Waals surface area contributed by atoms with Crippen LogP contribution in [-0.2, 0) is 9.59 Å². The minimum absolute atomic E-state index is 0.0333. The predicted molar refractivity (Wildman–Crippen MR) is 117 cm³/mol. The van der Waals surface area contributed by atoms with E-state index in [1.807, 2.05) is 19.1 Å². The second-order valence-electron chi connectivity index (χ2n) is 7.40. The number of hydrogen-bond acceptors (Lipinski definition) is 3. The van der Waals surface area contributed by atoms with E-state index < -0.39 is 0 Å². The van der Waals surface area contributed by atoms with Gasteiger partial charge < -0.3 is 10.3 Å². The Labute approximate surface area is 171 Å². The van der Waals surface area contributed by atoms with Crippen LogP contribution in [-0.4, -0.2) is 28.7 Å². The second-order valence-corrected chi connectivity index (χ2v) is 7.40. The van der Waals surface area contributed by atoms with Crippen molar-refractivity contribution in [2.45, 2.75) is 51.4 Å². The second kappa shape index (κ2) is 10.0. The molecular formula is C24H29N3O2. The molecule has 0 spiro atoms. The molecule has 5 heteroatoms. The molecule has 0 aliphatic carbocycles. The number of aromatic nitrogens is 2. The van der Waals surface area contributed by atoms with Crippen molar-refractivity contribution >= 4 is 22.5 Å². The molecule has 1 atom stereocenters. The molecule has 29 heavy (non-hydrogen) atoms. The fourth-order valence-electron chi connectivity index (χ4n) is 3.61. The van der Waals surface area contributed by atoms with Crippen molar-refractivity contribution in [3.8, 4) is 11.3 Å². The summed E-state index contributed by atoms with van der Waals surface area (Å²) in [5.41, 5.74) is 1.96. The number of nitrogens with one attached hydrogen (secondary N) is 2. The van der Waals surface area contributed by atoms with Gasteiger partial charge in [0.1, 0.15) is 11.6 Å². The summed E-state index contributed by atoms with van der Waals surface area (Å²) >= 11 is 0. The van der Waals surface area contributed by atoms with Crippen molar-refractivity contribution in [3.63, 3.8) is 0 Å². The van der Waals surface area contributed by atoms with Gasteiger partial charge in [0.05, 0.1) is 17.8 Å². The van der Waals surface area contributed by atoms with Gasteiger partial charge in [0.2, 0.25) is 5.91 Å². The zero-order chi connectivity index (χ0) is 20.6. The Hall–Kier alpha value is -2.95. The number of likely N-dealkylation sites (N-methyl/N-ethyl adjacent to an activating group) is 1. The van der Waals surface area contributed by atoms with E-state index in [1.165, 1.54) is 10.8 Å². The van der Waals surface area contributed by atoms with Crippen LogP contribution in [0.4, 0.5) is 0 Å². The van der Waals surface area contributed by atoms with Crippen LogP contribution in [0.1, 0.15) is 57.2 Å². The molecule has 3 rings (SSSR count). The first-order chi connectivity index (χ1) is 14.1. The van der Waals surface area contributed by atoms with Crippen molar-refractivity contribution in [1.29, 1.82) is 0 Å². The molecule has 0 fully saturated rings. The van der Waals surface area contributed by atoms with Crippen LogP contribution in [0.25, 0.3) is 22.0 Å². The summed E-state index contributed by atoms with van der Waals surface area (Å²) in [5, 5.41) is 5.12. The highest BCUT2D eigenvalue weighted by atomic mass is 16.1. The molecule has 2 N–H and O–H groups in total.